The van der Waals surface area contributed by atoms with Crippen LogP contribution in [0.2, 0.25) is 0 Å². The Hall–Kier alpha value is -6.85. The smallest absolute Gasteiger partial charge is 0.143 e. The first-order valence-corrected chi connectivity index (χ1v) is 16.8. The van der Waals surface area contributed by atoms with E-state index in [4.69, 9.17) is 13.8 Å². The molecule has 0 aliphatic heterocycles. The van der Waals surface area contributed by atoms with E-state index in [0.717, 1.165) is 99.4 Å². The summed E-state index contributed by atoms with van der Waals surface area (Å²) in [5.74, 6) is 0. The summed E-state index contributed by atoms with van der Waals surface area (Å²) in [7, 11) is 0. The summed E-state index contributed by atoms with van der Waals surface area (Å²) in [5, 5.41) is 8.89. The first-order chi connectivity index (χ1) is 24.7. The Morgan fingerprint density at radius 3 is 1.60 bits per heavy atom. The topological polar surface area (TPSA) is 46.8 Å². The van der Waals surface area contributed by atoms with Crippen molar-refractivity contribution < 1.29 is 8.83 Å². The molecule has 0 fully saturated rings. The van der Waals surface area contributed by atoms with Crippen molar-refractivity contribution in [3.63, 3.8) is 0 Å². The third-order valence-corrected chi connectivity index (χ3v) is 9.99. The first-order valence-electron chi connectivity index (χ1n) is 16.8. The van der Waals surface area contributed by atoms with Crippen LogP contribution in [0.4, 0.5) is 17.1 Å². The average Bonchev–Trinajstić information content (AvgIpc) is 3.89. The molecule has 0 spiro atoms. The molecule has 0 aliphatic rings. The van der Waals surface area contributed by atoms with Crippen molar-refractivity contribution >= 4 is 88.1 Å². The van der Waals surface area contributed by atoms with Gasteiger partial charge < -0.3 is 18.1 Å². The molecule has 11 aromatic rings. The molecule has 50 heavy (non-hydrogen) atoms. The first kappa shape index (κ1) is 27.1. The summed E-state index contributed by atoms with van der Waals surface area (Å²) < 4.78 is 15.0. The molecule has 0 amide bonds. The highest BCUT2D eigenvalue weighted by Crippen LogP contribution is 2.42. The number of aromatic nitrogens is 2. The molecular weight excluding hydrogens is 615 g/mol. The van der Waals surface area contributed by atoms with Gasteiger partial charge in [0.05, 0.1) is 5.69 Å². The van der Waals surface area contributed by atoms with Gasteiger partial charge in [-0.15, -0.1) is 0 Å². The predicted octanol–water partition coefficient (Wildman–Crippen LogP) is 12.6. The van der Waals surface area contributed by atoms with Crippen molar-refractivity contribution in [1.82, 2.24) is 9.38 Å². The van der Waals surface area contributed by atoms with E-state index in [1.165, 1.54) is 0 Å². The van der Waals surface area contributed by atoms with Crippen LogP contribution in [0.3, 0.4) is 0 Å². The Morgan fingerprint density at radius 2 is 1.00 bits per heavy atom. The maximum Gasteiger partial charge on any atom is 0.143 e. The van der Waals surface area contributed by atoms with Gasteiger partial charge in [-0.1, -0.05) is 78.9 Å². The summed E-state index contributed by atoms with van der Waals surface area (Å²) in [6.45, 7) is 0. The summed E-state index contributed by atoms with van der Waals surface area (Å²) >= 11 is 0. The van der Waals surface area contributed by atoms with Gasteiger partial charge >= 0.3 is 0 Å². The van der Waals surface area contributed by atoms with Gasteiger partial charge in [0.1, 0.15) is 28.0 Å². The van der Waals surface area contributed by atoms with Gasteiger partial charge in [-0.3, -0.25) is 0 Å². The average molecular weight is 642 g/mol. The van der Waals surface area contributed by atoms with E-state index >= 15 is 0 Å². The number of anilines is 3. The van der Waals surface area contributed by atoms with Crippen LogP contribution in [0.5, 0.6) is 0 Å². The van der Waals surface area contributed by atoms with Crippen molar-refractivity contribution in [1.29, 1.82) is 0 Å². The number of fused-ring (bicyclic) bond motifs is 11. The number of hydrogen-bond donors (Lipinski definition) is 0. The lowest BCUT2D eigenvalue weighted by Crippen LogP contribution is -2.10. The molecule has 0 radical (unpaired) electrons. The molecule has 0 unspecified atom stereocenters. The maximum absolute atomic E-state index is 6.50. The summed E-state index contributed by atoms with van der Waals surface area (Å²) in [6, 6.07) is 53.2. The molecule has 0 atom stereocenters. The number of nitrogens with zero attached hydrogens (tertiary/aromatic N) is 3. The lowest BCUT2D eigenvalue weighted by Gasteiger charge is -2.26. The molecule has 0 saturated heterocycles. The fourth-order valence-electron chi connectivity index (χ4n) is 7.56. The molecule has 4 aromatic heterocycles. The molecule has 4 heterocycles. The lowest BCUT2D eigenvalue weighted by atomic mass is 10.0. The van der Waals surface area contributed by atoms with Crippen LogP contribution in [0.1, 0.15) is 0 Å². The van der Waals surface area contributed by atoms with Gasteiger partial charge in [-0.05, 0) is 83.6 Å². The van der Waals surface area contributed by atoms with Crippen molar-refractivity contribution in [3.8, 4) is 11.3 Å². The second-order valence-electron chi connectivity index (χ2n) is 12.9. The second kappa shape index (κ2) is 10.3. The minimum atomic E-state index is 0.893. The zero-order chi connectivity index (χ0) is 32.8. The van der Waals surface area contributed by atoms with Crippen LogP contribution < -0.4 is 4.90 Å². The molecule has 234 valence electrons. The molecule has 11 rings (SSSR count). The summed E-state index contributed by atoms with van der Waals surface area (Å²) in [5.41, 5.74) is 9.59. The second-order valence-corrected chi connectivity index (χ2v) is 12.9. The van der Waals surface area contributed by atoms with Crippen molar-refractivity contribution in [2.24, 2.45) is 0 Å². The van der Waals surface area contributed by atoms with Gasteiger partial charge in [0.15, 0.2) is 0 Å². The number of imidazole rings is 1. The van der Waals surface area contributed by atoms with Crippen molar-refractivity contribution in [3.05, 3.63) is 164 Å². The van der Waals surface area contributed by atoms with Crippen LogP contribution in [0, 0.1) is 0 Å². The van der Waals surface area contributed by atoms with Crippen LogP contribution in [0.25, 0.3) is 82.3 Å². The van der Waals surface area contributed by atoms with Gasteiger partial charge in [0.25, 0.3) is 0 Å². The minimum Gasteiger partial charge on any atom is -0.455 e. The Labute approximate surface area is 285 Å². The molecule has 0 saturated carbocycles. The molecule has 0 N–H and O–H groups in total. The Morgan fingerprint density at radius 1 is 0.460 bits per heavy atom. The van der Waals surface area contributed by atoms with Gasteiger partial charge in [0.2, 0.25) is 0 Å². The number of benzene rings is 7. The predicted molar refractivity (Wildman–Crippen MR) is 205 cm³/mol. The standard InChI is InChI=1S/C45H27N3O2/c1-3-9-41-34(7-1)36-22-16-28-12-20-32(25-38(28)44(36)49-41)48(31-18-14-30(15-19-31)40-27-47-24-6-5-11-43(47)46-40)33-21-13-29-17-23-37-35-8-2-4-10-42(35)50-45(37)39(29)26-33/h1-27H. The molecule has 0 aliphatic carbocycles. The molecule has 7 aromatic carbocycles. The van der Waals surface area contributed by atoms with E-state index in [0.29, 0.717) is 0 Å². The fraction of sp³-hybridized carbons (Fsp3) is 0. The third kappa shape index (κ3) is 4.04. The van der Waals surface area contributed by atoms with Crippen LogP contribution >= 0.6 is 0 Å². The largest absolute Gasteiger partial charge is 0.455 e. The molecule has 5 nitrogen and oxygen atoms in total. The molecule has 0 bridgehead atoms. The Bertz CT molecular complexity index is 2920. The number of pyridine rings is 1. The number of para-hydroxylation sites is 2. The van der Waals surface area contributed by atoms with Gasteiger partial charge in [0, 0.05) is 67.3 Å². The number of hydrogen-bond acceptors (Lipinski definition) is 4. The van der Waals surface area contributed by atoms with Crippen molar-refractivity contribution in [2.45, 2.75) is 0 Å². The van der Waals surface area contributed by atoms with Crippen LogP contribution in [-0.4, -0.2) is 9.38 Å². The minimum absolute atomic E-state index is 0.893. The summed E-state index contributed by atoms with van der Waals surface area (Å²) in [6.07, 6.45) is 4.10. The Kier molecular flexibility index (Phi) is 5.60. The Balaban J connectivity index is 1.13. The fourth-order valence-corrected chi connectivity index (χ4v) is 7.56. The molecular formula is C45H27N3O2. The lowest BCUT2D eigenvalue weighted by molar-refractivity contribution is 0.672. The molecule has 5 heteroatoms. The van der Waals surface area contributed by atoms with E-state index in [1.807, 2.05) is 48.7 Å². The van der Waals surface area contributed by atoms with Gasteiger partial charge in [-0.2, -0.15) is 0 Å². The van der Waals surface area contributed by atoms with E-state index < -0.39 is 0 Å². The monoisotopic (exact) mass is 641 g/mol. The SMILES string of the molecule is c1ccc2c(c1)oc1c3cc(N(c4ccc(-c5cn6ccccc6n5)cc4)c4ccc5ccc6c7ccccc7oc6c5c4)ccc3ccc21. The van der Waals surface area contributed by atoms with Gasteiger partial charge in [-0.25, -0.2) is 4.98 Å². The summed E-state index contributed by atoms with van der Waals surface area (Å²) in [4.78, 5) is 7.18. The zero-order valence-electron chi connectivity index (χ0n) is 26.7. The van der Waals surface area contributed by atoms with E-state index in [2.05, 4.69) is 125 Å². The zero-order valence-corrected chi connectivity index (χ0v) is 26.7. The maximum atomic E-state index is 6.50. The van der Waals surface area contributed by atoms with E-state index in [1.54, 1.807) is 0 Å². The quantitative estimate of drug-likeness (QED) is 0.192. The van der Waals surface area contributed by atoms with E-state index in [9.17, 15) is 0 Å². The highest BCUT2D eigenvalue weighted by atomic mass is 16.3. The number of furan rings is 2. The third-order valence-electron chi connectivity index (χ3n) is 9.99. The van der Waals surface area contributed by atoms with E-state index in [-0.39, 0.29) is 0 Å². The van der Waals surface area contributed by atoms with Crippen LogP contribution in [-0.2, 0) is 0 Å². The van der Waals surface area contributed by atoms with Crippen molar-refractivity contribution in [2.75, 3.05) is 4.90 Å². The van der Waals surface area contributed by atoms with Crippen LogP contribution in [0.15, 0.2) is 173 Å². The number of rotatable bonds is 4. The highest BCUT2D eigenvalue weighted by Gasteiger charge is 2.18. The highest BCUT2D eigenvalue weighted by molar-refractivity contribution is 6.17. The normalized spacial score (nSPS) is 12.0.